The topological polar surface area (TPSA) is 47.3 Å². The van der Waals surface area contributed by atoms with E-state index < -0.39 is 0 Å². The molecule has 0 radical (unpaired) electrons. The molecule has 0 atom stereocenters. The molecule has 0 saturated carbocycles. The van der Waals surface area contributed by atoms with E-state index in [-0.39, 0.29) is 0 Å². The Morgan fingerprint density at radius 2 is 2.00 bits per heavy atom. The highest BCUT2D eigenvalue weighted by atomic mass is 32.2. The van der Waals surface area contributed by atoms with Gasteiger partial charge >= 0.3 is 0 Å². The maximum atomic E-state index is 5.93. The minimum atomic E-state index is 0.747. The van der Waals surface area contributed by atoms with Crippen LogP contribution in [-0.4, -0.2) is 25.7 Å². The van der Waals surface area contributed by atoms with Gasteiger partial charge in [0.1, 0.15) is 5.75 Å². The van der Waals surface area contributed by atoms with E-state index in [2.05, 4.69) is 11.6 Å². The van der Waals surface area contributed by atoms with Crippen LogP contribution in [0.25, 0.3) is 0 Å². The molecule has 4 heteroatoms. The predicted molar refractivity (Wildman–Crippen MR) is 82.7 cm³/mol. The summed E-state index contributed by atoms with van der Waals surface area (Å²) in [6, 6.07) is 5.75. The van der Waals surface area contributed by atoms with E-state index >= 15 is 0 Å². The Labute approximate surface area is 114 Å². The van der Waals surface area contributed by atoms with Crippen molar-refractivity contribution in [1.29, 1.82) is 0 Å². The highest BCUT2D eigenvalue weighted by molar-refractivity contribution is 7.98. The number of rotatable bonds is 9. The zero-order chi connectivity index (χ0) is 13.2. The lowest BCUT2D eigenvalue weighted by Gasteiger charge is -2.10. The molecular formula is C14H24N2OS. The Balaban J connectivity index is 2.19. The monoisotopic (exact) mass is 268 g/mol. The van der Waals surface area contributed by atoms with Gasteiger partial charge in [0.05, 0.1) is 18.5 Å². The second kappa shape index (κ2) is 8.97. The van der Waals surface area contributed by atoms with Crippen LogP contribution < -0.4 is 15.8 Å². The van der Waals surface area contributed by atoms with Crippen LogP contribution in [0, 0.1) is 0 Å². The second-order valence-corrected chi connectivity index (χ2v) is 5.27. The molecule has 0 aliphatic carbocycles. The molecule has 0 aliphatic heterocycles. The number of methoxy groups -OCH3 is 1. The zero-order valence-electron chi connectivity index (χ0n) is 11.4. The number of nitrogens with two attached hydrogens (primary N) is 1. The molecule has 0 spiro atoms. The van der Waals surface area contributed by atoms with Crippen LogP contribution in [0.4, 0.5) is 11.4 Å². The highest BCUT2D eigenvalue weighted by Gasteiger charge is 2.00. The summed E-state index contributed by atoms with van der Waals surface area (Å²) >= 11 is 1.92. The van der Waals surface area contributed by atoms with Crippen molar-refractivity contribution in [2.24, 2.45) is 0 Å². The van der Waals surface area contributed by atoms with E-state index in [0.717, 1.165) is 23.7 Å². The van der Waals surface area contributed by atoms with Crippen molar-refractivity contribution in [3.63, 3.8) is 0 Å². The molecule has 0 aromatic heterocycles. The third-order valence-electron chi connectivity index (χ3n) is 2.85. The number of anilines is 2. The molecule has 1 aromatic carbocycles. The highest BCUT2D eigenvalue weighted by Crippen LogP contribution is 2.23. The molecule has 1 aromatic rings. The van der Waals surface area contributed by atoms with Gasteiger partial charge in [0.25, 0.3) is 0 Å². The van der Waals surface area contributed by atoms with Crippen LogP contribution >= 0.6 is 11.8 Å². The average Bonchev–Trinajstić information content (AvgIpc) is 2.39. The first-order valence-electron chi connectivity index (χ1n) is 6.44. The lowest BCUT2D eigenvalue weighted by atomic mass is 10.2. The number of ether oxygens (including phenoxy) is 1. The van der Waals surface area contributed by atoms with Crippen LogP contribution in [-0.2, 0) is 0 Å². The summed E-state index contributed by atoms with van der Waals surface area (Å²) in [6.45, 7) is 0.982. The molecule has 18 heavy (non-hydrogen) atoms. The molecular weight excluding hydrogens is 244 g/mol. The van der Waals surface area contributed by atoms with E-state index in [1.807, 2.05) is 30.0 Å². The second-order valence-electron chi connectivity index (χ2n) is 4.29. The van der Waals surface area contributed by atoms with Crippen molar-refractivity contribution in [3.8, 4) is 5.75 Å². The van der Waals surface area contributed by atoms with E-state index in [1.165, 1.54) is 31.4 Å². The third-order valence-corrected chi connectivity index (χ3v) is 3.55. The number of benzene rings is 1. The van der Waals surface area contributed by atoms with Gasteiger partial charge in [-0.15, -0.1) is 0 Å². The molecule has 0 heterocycles. The Kier molecular flexibility index (Phi) is 7.49. The van der Waals surface area contributed by atoms with Crippen LogP contribution in [0.3, 0.4) is 0 Å². The van der Waals surface area contributed by atoms with Crippen molar-refractivity contribution in [3.05, 3.63) is 18.2 Å². The number of hydrogen-bond acceptors (Lipinski definition) is 4. The first-order chi connectivity index (χ1) is 8.77. The van der Waals surface area contributed by atoms with Gasteiger partial charge in [-0.3, -0.25) is 0 Å². The molecule has 0 amide bonds. The van der Waals surface area contributed by atoms with Crippen LogP contribution in [0.2, 0.25) is 0 Å². The molecule has 3 nitrogen and oxygen atoms in total. The van der Waals surface area contributed by atoms with Gasteiger partial charge in [-0.1, -0.05) is 12.8 Å². The Morgan fingerprint density at radius 1 is 1.22 bits per heavy atom. The molecule has 0 unspecified atom stereocenters. The van der Waals surface area contributed by atoms with Crippen LogP contribution in [0.5, 0.6) is 5.75 Å². The number of thioether (sulfide) groups is 1. The standard InChI is InChI=1S/C14H24N2OS/c1-17-12-7-8-14(13(15)11-12)16-9-5-3-4-6-10-18-2/h7-8,11,16H,3-6,9-10,15H2,1-2H3. The first kappa shape index (κ1) is 15.0. The van der Waals surface area contributed by atoms with Crippen molar-refractivity contribution >= 4 is 23.1 Å². The van der Waals surface area contributed by atoms with Crippen molar-refractivity contribution in [2.75, 3.05) is 36.7 Å². The minimum absolute atomic E-state index is 0.747. The van der Waals surface area contributed by atoms with E-state index in [0.29, 0.717) is 0 Å². The van der Waals surface area contributed by atoms with E-state index in [1.54, 1.807) is 7.11 Å². The summed E-state index contributed by atoms with van der Waals surface area (Å²) < 4.78 is 5.12. The van der Waals surface area contributed by atoms with Crippen molar-refractivity contribution in [2.45, 2.75) is 25.7 Å². The van der Waals surface area contributed by atoms with Gasteiger partial charge in [0.2, 0.25) is 0 Å². The lowest BCUT2D eigenvalue weighted by molar-refractivity contribution is 0.415. The largest absolute Gasteiger partial charge is 0.497 e. The zero-order valence-corrected chi connectivity index (χ0v) is 12.2. The maximum Gasteiger partial charge on any atom is 0.121 e. The molecule has 102 valence electrons. The number of unbranched alkanes of at least 4 members (excludes halogenated alkanes) is 3. The fraction of sp³-hybridized carbons (Fsp3) is 0.571. The van der Waals surface area contributed by atoms with Crippen LogP contribution in [0.15, 0.2) is 18.2 Å². The van der Waals surface area contributed by atoms with Gasteiger partial charge in [0.15, 0.2) is 0 Å². The smallest absolute Gasteiger partial charge is 0.121 e. The Morgan fingerprint density at radius 3 is 2.67 bits per heavy atom. The van der Waals surface area contributed by atoms with E-state index in [4.69, 9.17) is 10.5 Å². The summed E-state index contributed by atoms with van der Waals surface area (Å²) in [5, 5.41) is 3.37. The average molecular weight is 268 g/mol. The number of nitrogens with one attached hydrogen (secondary N) is 1. The van der Waals surface area contributed by atoms with Gasteiger partial charge in [0, 0.05) is 12.6 Å². The Hall–Kier alpha value is -1.03. The predicted octanol–water partition coefficient (Wildman–Crippen LogP) is 3.61. The Bertz CT molecular complexity index is 345. The van der Waals surface area contributed by atoms with Crippen molar-refractivity contribution < 1.29 is 4.74 Å². The first-order valence-corrected chi connectivity index (χ1v) is 7.83. The quantitative estimate of drug-likeness (QED) is 0.530. The normalized spacial score (nSPS) is 10.3. The fourth-order valence-corrected chi connectivity index (χ4v) is 2.27. The lowest BCUT2D eigenvalue weighted by Crippen LogP contribution is -2.04. The van der Waals surface area contributed by atoms with Crippen LogP contribution in [0.1, 0.15) is 25.7 Å². The summed E-state index contributed by atoms with van der Waals surface area (Å²) in [5.41, 5.74) is 7.68. The minimum Gasteiger partial charge on any atom is -0.497 e. The number of nitrogen functional groups attached to an aromatic ring is 1. The van der Waals surface area contributed by atoms with E-state index in [9.17, 15) is 0 Å². The van der Waals surface area contributed by atoms with Crippen molar-refractivity contribution in [1.82, 2.24) is 0 Å². The molecule has 0 saturated heterocycles. The van der Waals surface area contributed by atoms with Gasteiger partial charge in [-0.2, -0.15) is 11.8 Å². The summed E-state index contributed by atoms with van der Waals surface area (Å²) in [5.74, 6) is 2.08. The molecule has 0 aliphatic rings. The molecule has 1 rings (SSSR count). The van der Waals surface area contributed by atoms with Gasteiger partial charge < -0.3 is 15.8 Å². The summed E-state index contributed by atoms with van der Waals surface area (Å²) in [6.07, 6.45) is 7.28. The summed E-state index contributed by atoms with van der Waals surface area (Å²) in [4.78, 5) is 0. The van der Waals surface area contributed by atoms with Gasteiger partial charge in [-0.05, 0) is 37.0 Å². The maximum absolute atomic E-state index is 5.93. The molecule has 0 fully saturated rings. The molecule has 0 bridgehead atoms. The van der Waals surface area contributed by atoms with Gasteiger partial charge in [-0.25, -0.2) is 0 Å². The fourth-order valence-electron chi connectivity index (χ4n) is 1.78. The third kappa shape index (κ3) is 5.54. The summed E-state index contributed by atoms with van der Waals surface area (Å²) in [7, 11) is 1.65. The molecule has 3 N–H and O–H groups in total. The number of hydrogen-bond donors (Lipinski definition) is 2. The SMILES string of the molecule is COc1ccc(NCCCCCCSC)c(N)c1.